The lowest BCUT2D eigenvalue weighted by Gasteiger charge is -2.20. The first kappa shape index (κ1) is 22.1. The number of azo groups is 1. The molecule has 0 radical (unpaired) electrons. The highest BCUT2D eigenvalue weighted by Gasteiger charge is 2.26. The van der Waals surface area contributed by atoms with Gasteiger partial charge in [0.2, 0.25) is 17.6 Å². The van der Waals surface area contributed by atoms with Crippen LogP contribution in [0.25, 0.3) is 11.4 Å². The molecule has 0 bridgehead atoms. The summed E-state index contributed by atoms with van der Waals surface area (Å²) in [5.74, 6) is 1.50. The summed E-state index contributed by atoms with van der Waals surface area (Å²) in [4.78, 5) is 28.3. The van der Waals surface area contributed by atoms with Crippen molar-refractivity contribution < 1.29 is 18.8 Å². The fourth-order valence-corrected chi connectivity index (χ4v) is 3.39. The predicted octanol–water partition coefficient (Wildman–Crippen LogP) is 2.72. The van der Waals surface area contributed by atoms with Crippen LogP contribution in [-0.4, -0.2) is 42.2 Å². The molecule has 4 rings (SSSR count). The van der Waals surface area contributed by atoms with Crippen molar-refractivity contribution in [1.29, 1.82) is 0 Å². The van der Waals surface area contributed by atoms with Crippen LogP contribution in [0, 0.1) is 5.92 Å². The Hall–Kier alpha value is -4.08. The number of hydrogen-bond donors (Lipinski definition) is 2. The quantitative estimate of drug-likeness (QED) is 0.534. The second-order valence-corrected chi connectivity index (χ2v) is 7.43. The average molecular weight is 448 g/mol. The molecule has 0 fully saturated rings. The van der Waals surface area contributed by atoms with Gasteiger partial charge in [0.05, 0.1) is 13.0 Å². The molecule has 2 N–H and O–H groups in total. The molecule has 0 saturated heterocycles. The summed E-state index contributed by atoms with van der Waals surface area (Å²) < 4.78 is 10.4. The molecule has 170 valence electrons. The van der Waals surface area contributed by atoms with Gasteiger partial charge in [-0.3, -0.25) is 9.59 Å². The monoisotopic (exact) mass is 448 g/mol. The minimum absolute atomic E-state index is 0.0930. The van der Waals surface area contributed by atoms with Gasteiger partial charge in [0.25, 0.3) is 5.91 Å². The fourth-order valence-electron chi connectivity index (χ4n) is 3.39. The zero-order valence-corrected chi connectivity index (χ0v) is 18.2. The molecule has 2 amide bonds. The SMILES string of the molecule is COc1ccc(-c2noc(CCC(=O)NCCCNC3=C4C=CC=CC4C(=O)N=N3)n2)cc1. The number of hydrogen-bond acceptors (Lipinski definition) is 8. The number of methoxy groups -OCH3 is 1. The summed E-state index contributed by atoms with van der Waals surface area (Å²) in [6, 6.07) is 7.34. The van der Waals surface area contributed by atoms with Gasteiger partial charge in [-0.15, -0.1) is 10.2 Å². The van der Waals surface area contributed by atoms with Crippen molar-refractivity contribution in [3.8, 4) is 17.1 Å². The molecular formula is C23H24N6O4. The number of rotatable bonds is 10. The van der Waals surface area contributed by atoms with Gasteiger partial charge in [0.15, 0.2) is 5.82 Å². The summed E-state index contributed by atoms with van der Waals surface area (Å²) >= 11 is 0. The molecule has 33 heavy (non-hydrogen) atoms. The second-order valence-electron chi connectivity index (χ2n) is 7.43. The zero-order chi connectivity index (χ0) is 23.0. The first-order valence-electron chi connectivity index (χ1n) is 10.7. The average Bonchev–Trinajstić information content (AvgIpc) is 3.33. The lowest BCUT2D eigenvalue weighted by molar-refractivity contribution is -0.121. The number of carbonyl (C=O) groups is 2. The smallest absolute Gasteiger partial charge is 0.276 e. The molecule has 0 spiro atoms. The van der Waals surface area contributed by atoms with Crippen LogP contribution >= 0.6 is 0 Å². The van der Waals surface area contributed by atoms with Crippen LogP contribution in [0.1, 0.15) is 18.7 Å². The van der Waals surface area contributed by atoms with Crippen LogP contribution < -0.4 is 15.4 Å². The lowest BCUT2D eigenvalue weighted by atomic mass is 9.93. The third-order valence-corrected chi connectivity index (χ3v) is 5.16. The normalized spacial score (nSPS) is 16.6. The number of aryl methyl sites for hydroxylation is 1. The van der Waals surface area contributed by atoms with Crippen LogP contribution in [0.15, 0.2) is 74.7 Å². The molecule has 10 nitrogen and oxygen atoms in total. The topological polar surface area (TPSA) is 131 Å². The molecule has 0 saturated carbocycles. The molecular weight excluding hydrogens is 424 g/mol. The van der Waals surface area contributed by atoms with E-state index in [0.717, 1.165) is 16.9 Å². The number of ether oxygens (including phenoxy) is 1. The van der Waals surface area contributed by atoms with E-state index in [1.165, 1.54) is 0 Å². The third-order valence-electron chi connectivity index (χ3n) is 5.16. The number of allylic oxidation sites excluding steroid dienone is 3. The molecule has 1 aromatic heterocycles. The number of benzene rings is 1. The molecule has 1 atom stereocenters. The number of aromatic nitrogens is 2. The van der Waals surface area contributed by atoms with Gasteiger partial charge in [-0.25, -0.2) is 0 Å². The molecule has 2 heterocycles. The minimum atomic E-state index is -0.371. The van der Waals surface area contributed by atoms with Gasteiger partial charge < -0.3 is 19.9 Å². The number of fused-ring (bicyclic) bond motifs is 1. The van der Waals surface area contributed by atoms with Crippen LogP contribution in [0.4, 0.5) is 0 Å². The summed E-state index contributed by atoms with van der Waals surface area (Å²) in [5, 5.41) is 17.7. The van der Waals surface area contributed by atoms with Crippen molar-refractivity contribution in [2.75, 3.05) is 20.2 Å². The largest absolute Gasteiger partial charge is 0.497 e. The first-order chi connectivity index (χ1) is 16.1. The second kappa shape index (κ2) is 10.5. The third kappa shape index (κ3) is 5.59. The Morgan fingerprint density at radius 2 is 2.00 bits per heavy atom. The fraction of sp³-hybridized carbons (Fsp3) is 0.304. The highest BCUT2D eigenvalue weighted by Crippen LogP contribution is 2.27. The summed E-state index contributed by atoms with van der Waals surface area (Å²) in [5.41, 5.74) is 1.63. The van der Waals surface area contributed by atoms with E-state index >= 15 is 0 Å². The molecule has 2 aliphatic rings. The zero-order valence-electron chi connectivity index (χ0n) is 18.2. The van der Waals surface area contributed by atoms with E-state index in [0.29, 0.717) is 43.5 Å². The lowest BCUT2D eigenvalue weighted by Crippen LogP contribution is -2.28. The summed E-state index contributed by atoms with van der Waals surface area (Å²) in [6.07, 6.45) is 8.67. The maximum absolute atomic E-state index is 12.1. The van der Waals surface area contributed by atoms with Gasteiger partial charge in [0.1, 0.15) is 5.75 Å². The molecule has 1 aliphatic heterocycles. The standard InChI is InChI=1S/C23H24N6O4/c1-32-16-9-7-15(8-10-16)21-26-20(33-29-21)12-11-19(30)24-13-4-14-25-22-17-5-2-3-6-18(17)23(31)28-27-22/h2-3,5-10,18,25H,4,11-14H2,1H3,(H,24,30). The van der Waals surface area contributed by atoms with Gasteiger partial charge in [-0.05, 0) is 30.7 Å². The van der Waals surface area contributed by atoms with Crippen molar-refractivity contribution in [3.05, 3.63) is 65.9 Å². The summed E-state index contributed by atoms with van der Waals surface area (Å²) in [6.45, 7) is 1.09. The van der Waals surface area contributed by atoms with E-state index in [9.17, 15) is 9.59 Å². The predicted molar refractivity (Wildman–Crippen MR) is 119 cm³/mol. The highest BCUT2D eigenvalue weighted by atomic mass is 16.5. The molecule has 1 aliphatic carbocycles. The number of carbonyl (C=O) groups excluding carboxylic acids is 2. The van der Waals surface area contributed by atoms with Gasteiger partial charge in [-0.2, -0.15) is 4.98 Å². The van der Waals surface area contributed by atoms with Crippen LogP contribution in [0.5, 0.6) is 5.75 Å². The minimum Gasteiger partial charge on any atom is -0.497 e. The van der Waals surface area contributed by atoms with E-state index in [1.54, 1.807) is 13.2 Å². The van der Waals surface area contributed by atoms with E-state index in [-0.39, 0.29) is 24.2 Å². The van der Waals surface area contributed by atoms with Gasteiger partial charge in [-0.1, -0.05) is 29.5 Å². The molecule has 1 aromatic carbocycles. The van der Waals surface area contributed by atoms with Crippen molar-refractivity contribution >= 4 is 11.8 Å². The Morgan fingerprint density at radius 3 is 2.82 bits per heavy atom. The molecule has 1 unspecified atom stereocenters. The maximum atomic E-state index is 12.1. The van der Waals surface area contributed by atoms with Gasteiger partial charge >= 0.3 is 0 Å². The highest BCUT2D eigenvalue weighted by molar-refractivity contribution is 5.86. The maximum Gasteiger partial charge on any atom is 0.276 e. The molecule has 2 aromatic rings. The van der Waals surface area contributed by atoms with Crippen molar-refractivity contribution in [2.24, 2.45) is 16.1 Å². The summed E-state index contributed by atoms with van der Waals surface area (Å²) in [7, 11) is 1.61. The Bertz CT molecular complexity index is 1130. The Kier molecular flexibility index (Phi) is 7.03. The van der Waals surface area contributed by atoms with E-state index in [2.05, 4.69) is 31.0 Å². The number of nitrogens with zero attached hydrogens (tertiary/aromatic N) is 4. The van der Waals surface area contributed by atoms with Crippen LogP contribution in [-0.2, 0) is 16.0 Å². The van der Waals surface area contributed by atoms with E-state index < -0.39 is 0 Å². The Balaban J connectivity index is 1.16. The van der Waals surface area contributed by atoms with E-state index in [1.807, 2.05) is 42.5 Å². The van der Waals surface area contributed by atoms with Crippen molar-refractivity contribution in [1.82, 2.24) is 20.8 Å². The van der Waals surface area contributed by atoms with Crippen LogP contribution in [0.2, 0.25) is 0 Å². The van der Waals surface area contributed by atoms with Gasteiger partial charge in [0, 0.05) is 37.1 Å². The number of nitrogens with one attached hydrogen (secondary N) is 2. The van der Waals surface area contributed by atoms with Crippen LogP contribution in [0.3, 0.4) is 0 Å². The first-order valence-corrected chi connectivity index (χ1v) is 10.7. The molecule has 10 heteroatoms. The van der Waals surface area contributed by atoms with E-state index in [4.69, 9.17) is 9.26 Å². The van der Waals surface area contributed by atoms with Crippen molar-refractivity contribution in [3.63, 3.8) is 0 Å². The Labute approximate surface area is 190 Å². The Morgan fingerprint density at radius 1 is 1.15 bits per heavy atom. The number of amides is 2. The van der Waals surface area contributed by atoms with Crippen molar-refractivity contribution in [2.45, 2.75) is 19.3 Å².